The number of anilines is 1. The second kappa shape index (κ2) is 13.1. The number of para-hydroxylation sites is 1. The van der Waals surface area contributed by atoms with E-state index in [0.29, 0.717) is 37.2 Å². The summed E-state index contributed by atoms with van der Waals surface area (Å²) in [6.45, 7) is 6.54. The van der Waals surface area contributed by atoms with E-state index in [0.717, 1.165) is 52.3 Å². The second-order valence-electron chi connectivity index (χ2n) is 13.1. The van der Waals surface area contributed by atoms with Gasteiger partial charge >= 0.3 is 6.09 Å². The van der Waals surface area contributed by atoms with Crippen LogP contribution in [0.1, 0.15) is 55.6 Å². The first-order valence-electron chi connectivity index (χ1n) is 16.2. The van der Waals surface area contributed by atoms with E-state index in [4.69, 9.17) is 0 Å². The molecule has 2 aliphatic heterocycles. The summed E-state index contributed by atoms with van der Waals surface area (Å²) in [5, 5.41) is 9.77. The Hall–Kier alpha value is -4.89. The van der Waals surface area contributed by atoms with Crippen molar-refractivity contribution in [2.24, 2.45) is 0 Å². The molecule has 1 atom stereocenters. The molecule has 2 aliphatic rings. The van der Waals surface area contributed by atoms with E-state index in [-0.39, 0.29) is 24.4 Å². The predicted molar refractivity (Wildman–Crippen MR) is 184 cm³/mol. The molecule has 47 heavy (non-hydrogen) atoms. The zero-order valence-corrected chi connectivity index (χ0v) is 27.9. The molecule has 0 radical (unpaired) electrons. The van der Waals surface area contributed by atoms with Gasteiger partial charge in [0.25, 0.3) is 11.8 Å². The largest absolute Gasteiger partial charge is 0.465 e. The van der Waals surface area contributed by atoms with Crippen LogP contribution in [0.4, 0.5) is 10.5 Å². The van der Waals surface area contributed by atoms with Crippen molar-refractivity contribution in [1.82, 2.24) is 19.3 Å². The van der Waals surface area contributed by atoms with Crippen molar-refractivity contribution in [1.29, 1.82) is 0 Å². The molecule has 9 nitrogen and oxygen atoms in total. The number of carbonyl (C=O) groups excluding carboxylic acids is 2. The van der Waals surface area contributed by atoms with E-state index in [9.17, 15) is 19.5 Å². The fourth-order valence-electron chi connectivity index (χ4n) is 6.89. The first-order chi connectivity index (χ1) is 22.5. The first-order valence-corrected chi connectivity index (χ1v) is 16.2. The van der Waals surface area contributed by atoms with Gasteiger partial charge < -0.3 is 29.3 Å². The molecule has 0 unspecified atom stereocenters. The summed E-state index contributed by atoms with van der Waals surface area (Å²) in [5.41, 5.74) is 8.59. The van der Waals surface area contributed by atoms with Gasteiger partial charge in [-0.1, -0.05) is 42.5 Å². The Morgan fingerprint density at radius 1 is 0.851 bits per heavy atom. The molecule has 0 fully saturated rings. The topological polar surface area (TPSA) is 89.3 Å². The number of fused-ring (bicyclic) bond motifs is 2. The monoisotopic (exact) mass is 633 g/mol. The summed E-state index contributed by atoms with van der Waals surface area (Å²) in [4.78, 5) is 47.8. The zero-order chi connectivity index (χ0) is 33.4. The summed E-state index contributed by atoms with van der Waals surface area (Å²) >= 11 is 0. The van der Waals surface area contributed by atoms with Crippen LogP contribution in [0.2, 0.25) is 0 Å². The van der Waals surface area contributed by atoms with Crippen LogP contribution in [0, 0.1) is 6.92 Å². The molecule has 3 heterocycles. The number of hydrogen-bond acceptors (Lipinski definition) is 4. The van der Waals surface area contributed by atoms with Crippen LogP contribution in [0.3, 0.4) is 0 Å². The molecule has 3 aromatic carbocycles. The molecule has 0 bridgehead atoms. The number of hydrogen-bond donors (Lipinski definition) is 1. The third kappa shape index (κ3) is 6.27. The normalized spacial score (nSPS) is 15.7. The highest BCUT2D eigenvalue weighted by molar-refractivity contribution is 6.08. The maximum absolute atomic E-state index is 14.7. The van der Waals surface area contributed by atoms with E-state index in [1.54, 1.807) is 11.9 Å². The van der Waals surface area contributed by atoms with Crippen LogP contribution in [-0.4, -0.2) is 82.6 Å². The lowest BCUT2D eigenvalue weighted by Crippen LogP contribution is -2.43. The highest BCUT2D eigenvalue weighted by Gasteiger charge is 2.32. The minimum Gasteiger partial charge on any atom is -0.465 e. The fraction of sp³-hybridized carbons (Fsp3) is 0.342. The second-order valence-corrected chi connectivity index (χ2v) is 13.1. The Morgan fingerprint density at radius 2 is 1.55 bits per heavy atom. The van der Waals surface area contributed by atoms with E-state index in [1.807, 2.05) is 80.5 Å². The van der Waals surface area contributed by atoms with E-state index in [1.165, 1.54) is 10.5 Å². The molecular formula is C38H43N5O4. The standard InChI is InChI=1S/C38H43N5O4/c1-25-19-27-11-9-10-12-29(27)24-43(25)37(45)34-21-30-23-41(38(46)47)16-15-28(30)20-33(34)35-22-32(26(2)42(35)18-17-39(3)4)36(44)40(5)31-13-7-6-8-14-31/h6-14,20-22,25H,15-19,23-24H2,1-5H3,(H,46,47)/t25-/m1/s1. The lowest BCUT2D eigenvalue weighted by molar-refractivity contribution is 0.0658. The summed E-state index contributed by atoms with van der Waals surface area (Å²) in [7, 11) is 5.82. The minimum absolute atomic E-state index is 0.0178. The molecule has 4 aromatic rings. The Kier molecular flexibility index (Phi) is 8.92. The molecular weight excluding hydrogens is 590 g/mol. The van der Waals surface area contributed by atoms with Crippen LogP contribution in [0.15, 0.2) is 72.8 Å². The number of benzene rings is 3. The number of aromatic nitrogens is 1. The quantitative estimate of drug-likeness (QED) is 0.273. The number of rotatable bonds is 7. The number of likely N-dealkylation sites (N-methyl/N-ethyl adjacent to an activating group) is 1. The number of amides is 3. The molecule has 0 saturated carbocycles. The van der Waals surface area contributed by atoms with Gasteiger partial charge in [0.15, 0.2) is 0 Å². The van der Waals surface area contributed by atoms with E-state index >= 15 is 0 Å². The number of nitrogens with zero attached hydrogens (tertiary/aromatic N) is 5. The van der Waals surface area contributed by atoms with Gasteiger partial charge in [-0.2, -0.15) is 0 Å². The molecule has 1 aromatic heterocycles. The van der Waals surface area contributed by atoms with Crippen molar-refractivity contribution in [2.75, 3.05) is 39.1 Å². The van der Waals surface area contributed by atoms with E-state index < -0.39 is 6.09 Å². The molecule has 1 N–H and O–H groups in total. The van der Waals surface area contributed by atoms with Gasteiger partial charge in [-0.3, -0.25) is 9.59 Å². The molecule has 0 saturated heterocycles. The molecule has 0 spiro atoms. The third-order valence-corrected chi connectivity index (χ3v) is 9.71. The lowest BCUT2D eigenvalue weighted by Gasteiger charge is -2.36. The van der Waals surface area contributed by atoms with Gasteiger partial charge in [0.1, 0.15) is 0 Å². The van der Waals surface area contributed by atoms with Crippen molar-refractivity contribution < 1.29 is 19.5 Å². The summed E-state index contributed by atoms with van der Waals surface area (Å²) in [6, 6.07) is 23.7. The fourth-order valence-corrected chi connectivity index (χ4v) is 6.89. The molecule has 3 amide bonds. The maximum Gasteiger partial charge on any atom is 0.407 e. The Bertz CT molecular complexity index is 1830. The van der Waals surface area contributed by atoms with Crippen molar-refractivity contribution in [3.8, 4) is 11.3 Å². The Balaban J connectivity index is 1.50. The molecule has 244 valence electrons. The molecule has 6 rings (SSSR count). The minimum atomic E-state index is -0.965. The smallest absolute Gasteiger partial charge is 0.407 e. The Morgan fingerprint density at radius 3 is 2.26 bits per heavy atom. The Labute approximate surface area is 276 Å². The molecule has 0 aliphatic carbocycles. The number of carbonyl (C=O) groups is 3. The van der Waals surface area contributed by atoms with Crippen molar-refractivity contribution >= 4 is 23.6 Å². The third-order valence-electron chi connectivity index (χ3n) is 9.71. The summed E-state index contributed by atoms with van der Waals surface area (Å²) < 4.78 is 2.16. The number of carboxylic acid groups (broad SMARTS) is 1. The van der Waals surface area contributed by atoms with Gasteiger partial charge in [-0.15, -0.1) is 0 Å². The van der Waals surface area contributed by atoms with Gasteiger partial charge in [0.2, 0.25) is 0 Å². The highest BCUT2D eigenvalue weighted by Crippen LogP contribution is 2.36. The zero-order valence-electron chi connectivity index (χ0n) is 27.9. The van der Waals surface area contributed by atoms with Crippen LogP contribution in [0.25, 0.3) is 11.3 Å². The van der Waals surface area contributed by atoms with Gasteiger partial charge in [0.05, 0.1) is 5.56 Å². The van der Waals surface area contributed by atoms with Crippen molar-refractivity contribution in [3.63, 3.8) is 0 Å². The van der Waals surface area contributed by atoms with Crippen LogP contribution >= 0.6 is 0 Å². The van der Waals surface area contributed by atoms with Gasteiger partial charge in [-0.25, -0.2) is 4.79 Å². The van der Waals surface area contributed by atoms with Crippen LogP contribution < -0.4 is 4.90 Å². The lowest BCUT2D eigenvalue weighted by atomic mass is 9.90. The SMILES string of the molecule is Cc1c(C(=O)N(C)c2ccccc2)cc(-c2cc3c(cc2C(=O)N2Cc4ccccc4C[C@H]2C)CN(C(=O)O)CC3)n1CCN(C)C. The van der Waals surface area contributed by atoms with Crippen LogP contribution in [-0.2, 0) is 32.5 Å². The van der Waals surface area contributed by atoms with Crippen molar-refractivity contribution in [3.05, 3.63) is 112 Å². The average Bonchev–Trinajstić information content (AvgIpc) is 3.40. The van der Waals surface area contributed by atoms with E-state index in [2.05, 4.69) is 34.6 Å². The summed E-state index contributed by atoms with van der Waals surface area (Å²) in [5.74, 6) is -0.215. The predicted octanol–water partition coefficient (Wildman–Crippen LogP) is 5.92. The first kappa shape index (κ1) is 32.1. The summed E-state index contributed by atoms with van der Waals surface area (Å²) in [6.07, 6.45) is 0.349. The average molecular weight is 634 g/mol. The molecule has 9 heteroatoms. The van der Waals surface area contributed by atoms with Gasteiger partial charge in [-0.05, 0) is 93.4 Å². The highest BCUT2D eigenvalue weighted by atomic mass is 16.4. The maximum atomic E-state index is 14.7. The van der Waals surface area contributed by atoms with Crippen molar-refractivity contribution in [2.45, 2.75) is 52.4 Å². The van der Waals surface area contributed by atoms with Crippen LogP contribution in [0.5, 0.6) is 0 Å². The van der Waals surface area contributed by atoms with Gasteiger partial charge in [0, 0.05) is 74.0 Å².